The van der Waals surface area contributed by atoms with Crippen LogP contribution in [0.4, 0.5) is 0 Å². The lowest BCUT2D eigenvalue weighted by Gasteiger charge is -2.25. The molecule has 19 heavy (non-hydrogen) atoms. The first kappa shape index (κ1) is 14.9. The average Bonchev–Trinajstić information content (AvgIpc) is 2.44. The van der Waals surface area contributed by atoms with Gasteiger partial charge in [-0.15, -0.1) is 0 Å². The number of ether oxygens (including phenoxy) is 1. The predicted octanol–water partition coefficient (Wildman–Crippen LogP) is 4.84. The fourth-order valence-corrected chi connectivity index (χ4v) is 2.87. The van der Waals surface area contributed by atoms with Crippen molar-refractivity contribution in [2.75, 3.05) is 13.2 Å². The van der Waals surface area contributed by atoms with Crippen LogP contribution in [0.5, 0.6) is 0 Å². The van der Waals surface area contributed by atoms with E-state index in [2.05, 4.69) is 34.2 Å². The number of hydrogen-bond donors (Lipinski definition) is 1. The molecule has 0 bridgehead atoms. The lowest BCUT2D eigenvalue weighted by Crippen LogP contribution is -2.25. The van der Waals surface area contributed by atoms with Crippen molar-refractivity contribution in [2.45, 2.75) is 32.2 Å². The van der Waals surface area contributed by atoms with Crippen LogP contribution < -0.4 is 5.32 Å². The summed E-state index contributed by atoms with van der Waals surface area (Å²) in [5, 5.41) is 4.36. The molecule has 1 unspecified atom stereocenters. The minimum absolute atomic E-state index is 0.144. The predicted molar refractivity (Wildman–Crippen MR) is 83.5 cm³/mol. The molecular formula is C15H19BrClNO. The number of hydrogen-bond acceptors (Lipinski definition) is 2. The minimum Gasteiger partial charge on any atom is -0.501 e. The molecule has 0 spiro atoms. The highest BCUT2D eigenvalue weighted by atomic mass is 79.9. The van der Waals surface area contributed by atoms with Crippen LogP contribution >= 0.6 is 27.5 Å². The topological polar surface area (TPSA) is 21.3 Å². The molecule has 1 atom stereocenters. The van der Waals surface area contributed by atoms with Gasteiger partial charge in [-0.2, -0.15) is 0 Å². The Hall–Kier alpha value is -0.510. The van der Waals surface area contributed by atoms with Crippen molar-refractivity contribution >= 4 is 27.5 Å². The summed E-state index contributed by atoms with van der Waals surface area (Å²) in [6.45, 7) is 3.94. The summed E-state index contributed by atoms with van der Waals surface area (Å²) in [5.41, 5.74) is 2.39. The molecule has 0 aromatic heterocycles. The molecule has 0 radical (unpaired) electrons. The fourth-order valence-electron chi connectivity index (χ4n) is 2.26. The van der Waals surface area contributed by atoms with E-state index in [0.717, 1.165) is 47.5 Å². The molecule has 4 heteroatoms. The third-order valence-electron chi connectivity index (χ3n) is 3.20. The second-order valence-corrected chi connectivity index (χ2v) is 6.04. The molecule has 1 aliphatic heterocycles. The Kier molecular flexibility index (Phi) is 5.74. The van der Waals surface area contributed by atoms with Gasteiger partial charge in [-0.3, -0.25) is 0 Å². The lowest BCUT2D eigenvalue weighted by molar-refractivity contribution is 0.219. The molecule has 1 aliphatic rings. The Balaban J connectivity index is 2.30. The first-order valence-electron chi connectivity index (χ1n) is 6.71. The van der Waals surface area contributed by atoms with Crippen LogP contribution in [-0.2, 0) is 4.74 Å². The molecule has 0 amide bonds. The summed E-state index contributed by atoms with van der Waals surface area (Å²) in [5.74, 6) is 0. The van der Waals surface area contributed by atoms with Crippen LogP contribution in [-0.4, -0.2) is 13.2 Å². The van der Waals surface area contributed by atoms with Gasteiger partial charge >= 0.3 is 0 Å². The van der Waals surface area contributed by atoms with Crippen molar-refractivity contribution in [2.24, 2.45) is 0 Å². The Morgan fingerprint density at radius 3 is 3.00 bits per heavy atom. The van der Waals surface area contributed by atoms with Crippen LogP contribution in [0.1, 0.15) is 37.8 Å². The SMILES string of the molecule is CCCNC(C1=COCCC1)c1cc(Br)ccc1Cl. The summed E-state index contributed by atoms with van der Waals surface area (Å²) in [6.07, 6.45) is 5.12. The van der Waals surface area contributed by atoms with Gasteiger partial charge in [0.15, 0.2) is 0 Å². The van der Waals surface area contributed by atoms with Crippen LogP contribution in [0.15, 0.2) is 34.5 Å². The summed E-state index contributed by atoms with van der Waals surface area (Å²) in [6, 6.07) is 6.14. The van der Waals surface area contributed by atoms with Gasteiger partial charge in [-0.05, 0) is 55.1 Å². The molecular weight excluding hydrogens is 326 g/mol. The van der Waals surface area contributed by atoms with Crippen molar-refractivity contribution in [1.29, 1.82) is 0 Å². The van der Waals surface area contributed by atoms with Crippen LogP contribution in [0.25, 0.3) is 0 Å². The van der Waals surface area contributed by atoms with Gasteiger partial charge in [0.25, 0.3) is 0 Å². The van der Waals surface area contributed by atoms with Gasteiger partial charge in [-0.1, -0.05) is 34.5 Å². The maximum absolute atomic E-state index is 6.36. The zero-order chi connectivity index (χ0) is 13.7. The first-order valence-corrected chi connectivity index (χ1v) is 7.88. The molecule has 0 saturated carbocycles. The van der Waals surface area contributed by atoms with Gasteiger partial charge in [0.05, 0.1) is 18.9 Å². The van der Waals surface area contributed by atoms with E-state index in [1.54, 1.807) is 0 Å². The standard InChI is InChI=1S/C15H19BrClNO/c1-2-7-18-15(11-4-3-8-19-10-11)13-9-12(16)5-6-14(13)17/h5-6,9-10,15,18H,2-4,7-8H2,1H3. The Labute approximate surface area is 128 Å². The van der Waals surface area contributed by atoms with Gasteiger partial charge < -0.3 is 10.1 Å². The third-order valence-corrected chi connectivity index (χ3v) is 4.04. The number of rotatable bonds is 5. The highest BCUT2D eigenvalue weighted by Gasteiger charge is 2.21. The van der Waals surface area contributed by atoms with Crippen molar-refractivity contribution in [3.8, 4) is 0 Å². The van der Waals surface area contributed by atoms with E-state index >= 15 is 0 Å². The molecule has 0 saturated heterocycles. The van der Waals surface area contributed by atoms with E-state index < -0.39 is 0 Å². The quantitative estimate of drug-likeness (QED) is 0.825. The van der Waals surface area contributed by atoms with Crippen molar-refractivity contribution in [3.05, 3.63) is 45.1 Å². The van der Waals surface area contributed by atoms with Crippen molar-refractivity contribution in [3.63, 3.8) is 0 Å². The molecule has 104 valence electrons. The van der Waals surface area contributed by atoms with E-state index in [9.17, 15) is 0 Å². The maximum Gasteiger partial charge on any atom is 0.0876 e. The van der Waals surface area contributed by atoms with Gasteiger partial charge in [-0.25, -0.2) is 0 Å². The van der Waals surface area contributed by atoms with Crippen LogP contribution in [0.3, 0.4) is 0 Å². The monoisotopic (exact) mass is 343 g/mol. The molecule has 0 fully saturated rings. The first-order chi connectivity index (χ1) is 9.22. The zero-order valence-corrected chi connectivity index (χ0v) is 13.4. The molecule has 1 N–H and O–H groups in total. The van der Waals surface area contributed by atoms with Crippen molar-refractivity contribution in [1.82, 2.24) is 5.32 Å². The molecule has 1 heterocycles. The van der Waals surface area contributed by atoms with Gasteiger partial charge in [0.1, 0.15) is 0 Å². The van der Waals surface area contributed by atoms with Crippen LogP contribution in [0, 0.1) is 0 Å². The second-order valence-electron chi connectivity index (χ2n) is 4.72. The zero-order valence-electron chi connectivity index (χ0n) is 11.1. The Morgan fingerprint density at radius 2 is 2.32 bits per heavy atom. The van der Waals surface area contributed by atoms with Gasteiger partial charge in [0.2, 0.25) is 0 Å². The summed E-state index contributed by atoms with van der Waals surface area (Å²) >= 11 is 9.88. The average molecular weight is 345 g/mol. The smallest absolute Gasteiger partial charge is 0.0876 e. The highest BCUT2D eigenvalue weighted by molar-refractivity contribution is 9.10. The molecule has 0 aliphatic carbocycles. The second kappa shape index (κ2) is 7.32. The van der Waals surface area contributed by atoms with Crippen LogP contribution in [0.2, 0.25) is 5.02 Å². The summed E-state index contributed by atoms with van der Waals surface area (Å²) in [7, 11) is 0. The summed E-state index contributed by atoms with van der Waals surface area (Å²) in [4.78, 5) is 0. The van der Waals surface area contributed by atoms with E-state index in [4.69, 9.17) is 16.3 Å². The molecule has 1 aromatic rings. The van der Waals surface area contributed by atoms with Crippen molar-refractivity contribution < 1.29 is 4.74 Å². The molecule has 1 aromatic carbocycles. The highest BCUT2D eigenvalue weighted by Crippen LogP contribution is 2.33. The van der Waals surface area contributed by atoms with E-state index in [1.807, 2.05) is 18.4 Å². The molecule has 2 nitrogen and oxygen atoms in total. The fraction of sp³-hybridized carbons (Fsp3) is 0.467. The third kappa shape index (κ3) is 3.98. The maximum atomic E-state index is 6.36. The Morgan fingerprint density at radius 1 is 1.47 bits per heavy atom. The number of benzene rings is 1. The summed E-state index contributed by atoms with van der Waals surface area (Å²) < 4.78 is 6.53. The number of halogens is 2. The largest absolute Gasteiger partial charge is 0.501 e. The number of nitrogens with one attached hydrogen (secondary N) is 1. The Bertz CT molecular complexity index is 461. The van der Waals surface area contributed by atoms with E-state index in [-0.39, 0.29) is 6.04 Å². The normalized spacial score (nSPS) is 16.7. The minimum atomic E-state index is 0.144. The lowest BCUT2D eigenvalue weighted by atomic mass is 9.95. The van der Waals surface area contributed by atoms with E-state index in [1.165, 1.54) is 5.57 Å². The molecule has 2 rings (SSSR count). The van der Waals surface area contributed by atoms with Gasteiger partial charge in [0, 0.05) is 9.50 Å². The van der Waals surface area contributed by atoms with E-state index in [0.29, 0.717) is 0 Å².